The van der Waals surface area contributed by atoms with Gasteiger partial charge >= 0.3 is 5.97 Å². The van der Waals surface area contributed by atoms with Crippen molar-refractivity contribution >= 4 is 5.97 Å². The topological polar surface area (TPSA) is 46.5 Å². The zero-order valence-electron chi connectivity index (χ0n) is 6.70. The Bertz CT molecular complexity index is 194. The minimum absolute atomic E-state index is 0.220. The number of carbonyl (C=O) groups is 1. The minimum atomic E-state index is -0.516. The second-order valence-electron chi connectivity index (χ2n) is 2.72. The summed E-state index contributed by atoms with van der Waals surface area (Å²) in [6, 6.07) is 0. The van der Waals surface area contributed by atoms with E-state index in [2.05, 4.69) is 0 Å². The van der Waals surface area contributed by atoms with Crippen molar-refractivity contribution in [1.82, 2.24) is 0 Å². The van der Waals surface area contributed by atoms with E-state index < -0.39 is 6.10 Å². The summed E-state index contributed by atoms with van der Waals surface area (Å²) in [5.74, 6) is -0.220. The highest BCUT2D eigenvalue weighted by Gasteiger charge is 2.21. The summed E-state index contributed by atoms with van der Waals surface area (Å²) in [5.41, 5.74) is 0.796. The molecule has 0 aliphatic carbocycles. The third-order valence-electron chi connectivity index (χ3n) is 1.76. The van der Waals surface area contributed by atoms with Gasteiger partial charge in [-0.3, -0.25) is 4.79 Å². The fraction of sp³-hybridized carbons (Fsp3) is 0.625. The average Bonchev–Trinajstić information content (AvgIpc) is 1.85. The number of rotatable bonds is 1. The number of carbonyl (C=O) groups excluding carboxylic acids is 1. The van der Waals surface area contributed by atoms with Crippen LogP contribution in [0.1, 0.15) is 20.3 Å². The first kappa shape index (κ1) is 8.27. The molecule has 1 aliphatic heterocycles. The van der Waals surface area contributed by atoms with Crippen molar-refractivity contribution in [2.45, 2.75) is 32.5 Å². The van der Waals surface area contributed by atoms with Crippen LogP contribution in [0.2, 0.25) is 0 Å². The summed E-state index contributed by atoms with van der Waals surface area (Å²) in [6.07, 6.45) is 1.24. The largest absolute Gasteiger partial charge is 0.458 e. The molecule has 1 heterocycles. The molecule has 2 unspecified atom stereocenters. The van der Waals surface area contributed by atoms with E-state index >= 15 is 0 Å². The lowest BCUT2D eigenvalue weighted by Gasteiger charge is -2.22. The number of ether oxygens (including phenoxy) is 1. The number of aliphatic hydroxyl groups is 1. The standard InChI is InChI=1S/C8H12O3/c1-5(9)7-3-4-8(10)11-6(7)2/h3,5-6,9H,4H2,1-2H3. The third-order valence-corrected chi connectivity index (χ3v) is 1.76. The van der Waals surface area contributed by atoms with Crippen LogP contribution in [0, 0.1) is 0 Å². The monoisotopic (exact) mass is 156 g/mol. The number of hydrogen-bond donors (Lipinski definition) is 1. The summed E-state index contributed by atoms with van der Waals surface area (Å²) in [7, 11) is 0. The first-order chi connectivity index (χ1) is 5.11. The van der Waals surface area contributed by atoms with Crippen molar-refractivity contribution in [3.63, 3.8) is 0 Å². The summed E-state index contributed by atoms with van der Waals surface area (Å²) in [6.45, 7) is 3.43. The molecule has 3 nitrogen and oxygen atoms in total. The summed E-state index contributed by atoms with van der Waals surface area (Å²) < 4.78 is 4.89. The van der Waals surface area contributed by atoms with Crippen molar-refractivity contribution in [2.75, 3.05) is 0 Å². The molecule has 3 heteroatoms. The Labute approximate surface area is 65.7 Å². The van der Waals surface area contributed by atoms with Crippen molar-refractivity contribution in [3.8, 4) is 0 Å². The molecule has 1 N–H and O–H groups in total. The van der Waals surface area contributed by atoms with Crippen molar-refractivity contribution < 1.29 is 14.6 Å². The Kier molecular flexibility index (Phi) is 2.29. The van der Waals surface area contributed by atoms with E-state index in [0.29, 0.717) is 0 Å². The van der Waals surface area contributed by atoms with Crippen molar-refractivity contribution in [1.29, 1.82) is 0 Å². The van der Waals surface area contributed by atoms with Crippen LogP contribution < -0.4 is 0 Å². The van der Waals surface area contributed by atoms with Crippen LogP contribution in [-0.2, 0) is 9.53 Å². The third kappa shape index (κ3) is 1.80. The van der Waals surface area contributed by atoms with Gasteiger partial charge in [0.05, 0.1) is 12.5 Å². The molecule has 1 aliphatic rings. The van der Waals surface area contributed by atoms with Gasteiger partial charge in [-0.15, -0.1) is 0 Å². The van der Waals surface area contributed by atoms with Gasteiger partial charge in [-0.05, 0) is 19.4 Å². The minimum Gasteiger partial charge on any atom is -0.458 e. The molecular weight excluding hydrogens is 144 g/mol. The van der Waals surface area contributed by atoms with Gasteiger partial charge in [-0.1, -0.05) is 6.08 Å². The average molecular weight is 156 g/mol. The van der Waals surface area contributed by atoms with Crippen LogP contribution >= 0.6 is 0 Å². The molecule has 0 aromatic carbocycles. The molecule has 0 amide bonds. The zero-order chi connectivity index (χ0) is 8.43. The fourth-order valence-corrected chi connectivity index (χ4v) is 1.19. The molecule has 0 radical (unpaired) electrons. The smallest absolute Gasteiger partial charge is 0.310 e. The van der Waals surface area contributed by atoms with Gasteiger partial charge in [0.2, 0.25) is 0 Å². The lowest BCUT2D eigenvalue weighted by Crippen LogP contribution is -2.26. The Balaban J connectivity index is 2.72. The molecule has 0 aromatic heterocycles. The highest BCUT2D eigenvalue weighted by atomic mass is 16.5. The molecule has 0 saturated heterocycles. The van der Waals surface area contributed by atoms with Gasteiger partial charge in [0.1, 0.15) is 6.10 Å². The Morgan fingerprint density at radius 3 is 2.91 bits per heavy atom. The van der Waals surface area contributed by atoms with Gasteiger partial charge in [0.15, 0.2) is 0 Å². The first-order valence-electron chi connectivity index (χ1n) is 3.68. The summed E-state index contributed by atoms with van der Waals surface area (Å²) >= 11 is 0. The Hall–Kier alpha value is -0.830. The van der Waals surface area contributed by atoms with Gasteiger partial charge < -0.3 is 9.84 Å². The molecule has 0 bridgehead atoms. The number of esters is 1. The van der Waals surface area contributed by atoms with E-state index in [-0.39, 0.29) is 18.5 Å². The maximum atomic E-state index is 10.7. The zero-order valence-corrected chi connectivity index (χ0v) is 6.70. The number of aliphatic hydroxyl groups excluding tert-OH is 1. The molecule has 62 valence electrons. The maximum absolute atomic E-state index is 10.7. The molecule has 0 saturated carbocycles. The van der Waals surface area contributed by atoms with Gasteiger partial charge in [-0.25, -0.2) is 0 Å². The number of cyclic esters (lactones) is 1. The van der Waals surface area contributed by atoms with E-state index in [1.54, 1.807) is 19.9 Å². The van der Waals surface area contributed by atoms with Crippen LogP contribution in [0.15, 0.2) is 11.6 Å². The Morgan fingerprint density at radius 1 is 1.82 bits per heavy atom. The molecule has 0 aromatic rings. The highest BCUT2D eigenvalue weighted by Crippen LogP contribution is 2.17. The van der Waals surface area contributed by atoms with Crippen LogP contribution in [-0.4, -0.2) is 23.3 Å². The second kappa shape index (κ2) is 3.05. The second-order valence-corrected chi connectivity index (χ2v) is 2.72. The fourth-order valence-electron chi connectivity index (χ4n) is 1.19. The predicted molar refractivity (Wildman–Crippen MR) is 39.9 cm³/mol. The van der Waals surface area contributed by atoms with Crippen LogP contribution in [0.25, 0.3) is 0 Å². The van der Waals surface area contributed by atoms with Crippen LogP contribution in [0.5, 0.6) is 0 Å². The van der Waals surface area contributed by atoms with Gasteiger partial charge in [0.25, 0.3) is 0 Å². The number of hydrogen-bond acceptors (Lipinski definition) is 3. The van der Waals surface area contributed by atoms with Crippen LogP contribution in [0.4, 0.5) is 0 Å². The quantitative estimate of drug-likeness (QED) is 0.447. The highest BCUT2D eigenvalue weighted by molar-refractivity contribution is 5.73. The summed E-state index contributed by atoms with van der Waals surface area (Å²) in [4.78, 5) is 10.7. The molecule has 2 atom stereocenters. The molecule has 0 spiro atoms. The predicted octanol–water partition coefficient (Wildman–Crippen LogP) is 0.629. The van der Waals surface area contributed by atoms with E-state index in [0.717, 1.165) is 5.57 Å². The SMILES string of the molecule is CC(O)C1=CCC(=O)OC1C. The lowest BCUT2D eigenvalue weighted by molar-refractivity contribution is -0.147. The van der Waals surface area contributed by atoms with E-state index in [1.165, 1.54) is 0 Å². The van der Waals surface area contributed by atoms with Crippen molar-refractivity contribution in [2.24, 2.45) is 0 Å². The Morgan fingerprint density at radius 2 is 2.45 bits per heavy atom. The van der Waals surface area contributed by atoms with Gasteiger partial charge in [0, 0.05) is 0 Å². The molecule has 1 rings (SSSR count). The van der Waals surface area contributed by atoms with E-state index in [1.807, 2.05) is 0 Å². The van der Waals surface area contributed by atoms with Gasteiger partial charge in [-0.2, -0.15) is 0 Å². The van der Waals surface area contributed by atoms with Crippen molar-refractivity contribution in [3.05, 3.63) is 11.6 Å². The summed E-state index contributed by atoms with van der Waals surface area (Å²) in [5, 5.41) is 9.17. The van der Waals surface area contributed by atoms with Crippen LogP contribution in [0.3, 0.4) is 0 Å². The first-order valence-corrected chi connectivity index (χ1v) is 3.68. The maximum Gasteiger partial charge on any atom is 0.310 e. The van der Waals surface area contributed by atoms with E-state index in [4.69, 9.17) is 4.74 Å². The molecule has 0 fully saturated rings. The molecule has 11 heavy (non-hydrogen) atoms. The molecular formula is C8H12O3. The lowest BCUT2D eigenvalue weighted by atomic mass is 10.0. The normalized spacial score (nSPS) is 27.4. The van der Waals surface area contributed by atoms with E-state index in [9.17, 15) is 9.90 Å².